The molecule has 2 aromatic rings. The molecule has 0 saturated heterocycles. The molecule has 0 spiro atoms. The van der Waals surface area contributed by atoms with Gasteiger partial charge in [0.2, 0.25) is 16.6 Å². The van der Waals surface area contributed by atoms with Crippen molar-refractivity contribution in [1.29, 1.82) is 0 Å². The highest BCUT2D eigenvalue weighted by Crippen LogP contribution is 2.30. The number of alkyl halides is 6. The van der Waals surface area contributed by atoms with Crippen LogP contribution in [0.4, 0.5) is 26.3 Å². The summed E-state index contributed by atoms with van der Waals surface area (Å²) in [5.74, 6) is 0. The quantitative estimate of drug-likeness (QED) is 0.482. The third-order valence-corrected chi connectivity index (χ3v) is 11.9. The second-order valence-electron chi connectivity index (χ2n) is 7.27. The van der Waals surface area contributed by atoms with Gasteiger partial charge in [-0.3, -0.25) is 0 Å². The number of hydrogen-bond donors (Lipinski definition) is 0. The van der Waals surface area contributed by atoms with Crippen molar-refractivity contribution in [2.75, 3.05) is 0 Å². The molecule has 0 N–H and O–H groups in total. The number of benzene rings is 2. The predicted molar refractivity (Wildman–Crippen MR) is 98.2 cm³/mol. The Kier molecular flexibility index (Phi) is 5.71. The highest BCUT2D eigenvalue weighted by molar-refractivity contribution is 6.96. The second kappa shape index (κ2) is 7.10. The molecule has 0 bridgehead atoms. The largest absolute Gasteiger partial charge is 0.449 e. The molecule has 0 aromatic heterocycles. The van der Waals surface area contributed by atoms with Crippen LogP contribution in [0.25, 0.3) is 0 Å². The van der Waals surface area contributed by atoms with Crippen molar-refractivity contribution in [3.63, 3.8) is 0 Å². The van der Waals surface area contributed by atoms with Crippen molar-refractivity contribution >= 4 is 27.0 Å². The standard InChI is InChI=1S/C18H20F6OSi2/c1-26(2,15-9-5-13(6-10-15)17(19,20)21)25-27(3,4)16-11-7-14(8-12-16)18(22,23)24/h5-12H,1-4H3. The van der Waals surface area contributed by atoms with Crippen LogP contribution < -0.4 is 10.4 Å². The van der Waals surface area contributed by atoms with E-state index in [1.807, 2.05) is 26.2 Å². The van der Waals surface area contributed by atoms with Gasteiger partial charge in [0.05, 0.1) is 11.1 Å². The zero-order valence-corrected chi connectivity index (χ0v) is 17.3. The summed E-state index contributed by atoms with van der Waals surface area (Å²) in [5, 5.41) is 1.39. The van der Waals surface area contributed by atoms with Gasteiger partial charge in [-0.15, -0.1) is 0 Å². The van der Waals surface area contributed by atoms with Gasteiger partial charge in [0.25, 0.3) is 0 Å². The van der Waals surface area contributed by atoms with E-state index in [1.54, 1.807) is 0 Å². The molecule has 0 unspecified atom stereocenters. The minimum Gasteiger partial charge on any atom is -0.449 e. The molecule has 1 nitrogen and oxygen atoms in total. The number of halogens is 6. The van der Waals surface area contributed by atoms with Crippen molar-refractivity contribution < 1.29 is 30.5 Å². The van der Waals surface area contributed by atoms with Gasteiger partial charge >= 0.3 is 12.4 Å². The Hall–Kier alpha value is -1.59. The summed E-state index contributed by atoms with van der Waals surface area (Å²) >= 11 is 0. The Morgan fingerprint density at radius 2 is 0.815 bits per heavy atom. The Balaban J connectivity index is 2.24. The van der Waals surface area contributed by atoms with Crippen LogP contribution in [0.2, 0.25) is 26.2 Å². The van der Waals surface area contributed by atoms with E-state index in [9.17, 15) is 26.3 Å². The zero-order valence-electron chi connectivity index (χ0n) is 15.3. The molecule has 0 atom stereocenters. The Bertz CT molecular complexity index is 710. The van der Waals surface area contributed by atoms with Crippen LogP contribution in [-0.4, -0.2) is 16.6 Å². The molecular formula is C18H20F6OSi2. The SMILES string of the molecule is C[Si](C)(O[Si](C)(C)c1ccc(C(F)(F)F)cc1)c1ccc(C(F)(F)F)cc1. The van der Waals surface area contributed by atoms with Crippen molar-refractivity contribution in [1.82, 2.24) is 0 Å². The molecule has 0 amide bonds. The molecule has 0 fully saturated rings. The minimum absolute atomic E-state index is 0.697. The van der Waals surface area contributed by atoms with Gasteiger partial charge in [0, 0.05) is 0 Å². The fourth-order valence-electron chi connectivity index (χ4n) is 2.88. The fraction of sp³-hybridized carbons (Fsp3) is 0.333. The van der Waals surface area contributed by atoms with E-state index in [0.29, 0.717) is 10.4 Å². The van der Waals surface area contributed by atoms with Crippen LogP contribution in [0.5, 0.6) is 0 Å². The van der Waals surface area contributed by atoms with E-state index in [0.717, 1.165) is 24.3 Å². The lowest BCUT2D eigenvalue weighted by Crippen LogP contribution is -2.57. The zero-order chi connectivity index (χ0) is 20.7. The monoisotopic (exact) mass is 422 g/mol. The normalized spacial score (nSPS) is 13.7. The third-order valence-electron chi connectivity index (χ3n) is 4.33. The average molecular weight is 423 g/mol. The van der Waals surface area contributed by atoms with E-state index in [2.05, 4.69) is 0 Å². The van der Waals surface area contributed by atoms with Gasteiger partial charge in [-0.25, -0.2) is 0 Å². The molecule has 0 heterocycles. The third kappa shape index (κ3) is 5.23. The van der Waals surface area contributed by atoms with Crippen molar-refractivity contribution in [2.24, 2.45) is 0 Å². The van der Waals surface area contributed by atoms with E-state index in [1.165, 1.54) is 24.3 Å². The van der Waals surface area contributed by atoms with Crippen LogP contribution in [0, 0.1) is 0 Å². The lowest BCUT2D eigenvalue weighted by atomic mass is 10.2. The smallest absolute Gasteiger partial charge is 0.416 e. The van der Waals surface area contributed by atoms with Crippen LogP contribution >= 0.6 is 0 Å². The van der Waals surface area contributed by atoms with Gasteiger partial charge < -0.3 is 4.12 Å². The topological polar surface area (TPSA) is 9.23 Å². The first-order chi connectivity index (χ1) is 12.1. The average Bonchev–Trinajstić information content (AvgIpc) is 2.52. The summed E-state index contributed by atoms with van der Waals surface area (Å²) in [4.78, 5) is 0. The fourth-order valence-corrected chi connectivity index (χ4v) is 10.9. The first-order valence-electron chi connectivity index (χ1n) is 8.18. The van der Waals surface area contributed by atoms with Crippen LogP contribution in [0.1, 0.15) is 11.1 Å². The molecule has 0 aliphatic rings. The molecule has 0 saturated carbocycles. The molecular weight excluding hydrogens is 402 g/mol. The highest BCUT2D eigenvalue weighted by Gasteiger charge is 2.38. The van der Waals surface area contributed by atoms with E-state index in [4.69, 9.17) is 4.12 Å². The maximum absolute atomic E-state index is 12.7. The first kappa shape index (κ1) is 21.7. The minimum atomic E-state index is -4.40. The van der Waals surface area contributed by atoms with Gasteiger partial charge in [-0.05, 0) is 36.6 Å². The van der Waals surface area contributed by atoms with Gasteiger partial charge in [-0.1, -0.05) is 48.5 Å². The Morgan fingerprint density at radius 1 is 0.556 bits per heavy atom. The van der Waals surface area contributed by atoms with Gasteiger partial charge in [-0.2, -0.15) is 26.3 Å². The molecule has 148 valence electrons. The molecule has 0 radical (unpaired) electrons. The van der Waals surface area contributed by atoms with E-state index >= 15 is 0 Å². The summed E-state index contributed by atoms with van der Waals surface area (Å²) in [6.07, 6.45) is -8.81. The maximum Gasteiger partial charge on any atom is 0.416 e. The van der Waals surface area contributed by atoms with Gasteiger partial charge in [0.1, 0.15) is 0 Å². The summed E-state index contributed by atoms with van der Waals surface area (Å²) < 4.78 is 82.8. The van der Waals surface area contributed by atoms with Crippen molar-refractivity contribution in [3.05, 3.63) is 59.7 Å². The molecule has 2 aromatic carbocycles. The lowest BCUT2D eigenvalue weighted by molar-refractivity contribution is -0.138. The summed E-state index contributed by atoms with van der Waals surface area (Å²) in [6.45, 7) is 7.48. The summed E-state index contributed by atoms with van der Waals surface area (Å²) in [6, 6.07) is 9.80. The number of hydrogen-bond acceptors (Lipinski definition) is 1. The van der Waals surface area contributed by atoms with Crippen LogP contribution in [0.3, 0.4) is 0 Å². The van der Waals surface area contributed by atoms with E-state index in [-0.39, 0.29) is 0 Å². The molecule has 0 aliphatic carbocycles. The van der Waals surface area contributed by atoms with Crippen LogP contribution in [0.15, 0.2) is 48.5 Å². The van der Waals surface area contributed by atoms with Crippen molar-refractivity contribution in [3.8, 4) is 0 Å². The van der Waals surface area contributed by atoms with Crippen LogP contribution in [-0.2, 0) is 16.5 Å². The molecule has 9 heteroatoms. The number of rotatable bonds is 4. The Labute approximate surface area is 156 Å². The highest BCUT2D eigenvalue weighted by atomic mass is 28.4. The van der Waals surface area contributed by atoms with Gasteiger partial charge in [0.15, 0.2) is 0 Å². The molecule has 2 rings (SSSR count). The second-order valence-corrected chi connectivity index (χ2v) is 15.3. The van der Waals surface area contributed by atoms with Crippen molar-refractivity contribution in [2.45, 2.75) is 38.5 Å². The van der Waals surface area contributed by atoms with E-state index < -0.39 is 40.1 Å². The molecule has 27 heavy (non-hydrogen) atoms. The maximum atomic E-state index is 12.7. The first-order valence-corrected chi connectivity index (χ1v) is 14.0. The Morgan fingerprint density at radius 3 is 1.04 bits per heavy atom. The predicted octanol–water partition coefficient (Wildman–Crippen LogP) is 5.27. The summed E-state index contributed by atoms with van der Waals surface area (Å²) in [5.41, 5.74) is -1.45. The molecule has 0 aliphatic heterocycles. The summed E-state index contributed by atoms with van der Waals surface area (Å²) in [7, 11) is -5.12. The lowest BCUT2D eigenvalue weighted by Gasteiger charge is -2.34.